The molecule has 1 rings (SSSR count). The number of ether oxygens (including phenoxy) is 1. The third kappa shape index (κ3) is 7.51. The van der Waals surface area contributed by atoms with Crippen LogP contribution in [0.5, 0.6) is 0 Å². The summed E-state index contributed by atoms with van der Waals surface area (Å²) in [6.07, 6.45) is 8.46. The number of aldehydes is 1. The van der Waals surface area contributed by atoms with Crippen molar-refractivity contribution in [1.82, 2.24) is 0 Å². The molecular weight excluding hydrogens is 308 g/mol. The minimum absolute atomic E-state index is 0.259. The Kier molecular flexibility index (Phi) is 9.37. The van der Waals surface area contributed by atoms with Gasteiger partial charge in [0.25, 0.3) is 0 Å². The number of thioether (sulfide) groups is 1. The van der Waals surface area contributed by atoms with Crippen LogP contribution >= 0.6 is 11.8 Å². The van der Waals surface area contributed by atoms with E-state index < -0.39 is 4.75 Å². The molecule has 0 N–H and O–H groups in total. The minimum atomic E-state index is -0.745. The lowest BCUT2D eigenvalue weighted by Gasteiger charge is -2.23. The SMILES string of the molecule is CCCC/C=C/[C@](C)(SCCC=O)C(=O)OCc1ccccc1. The minimum Gasteiger partial charge on any atom is -0.460 e. The molecule has 0 spiro atoms. The van der Waals surface area contributed by atoms with Crippen molar-refractivity contribution in [1.29, 1.82) is 0 Å². The molecule has 0 radical (unpaired) electrons. The molecule has 0 aromatic heterocycles. The van der Waals surface area contributed by atoms with Crippen LogP contribution in [-0.2, 0) is 20.9 Å². The average molecular weight is 334 g/mol. The number of esters is 1. The van der Waals surface area contributed by atoms with Gasteiger partial charge in [-0.3, -0.25) is 4.79 Å². The first-order valence-electron chi connectivity index (χ1n) is 8.09. The highest BCUT2D eigenvalue weighted by molar-refractivity contribution is 8.01. The molecule has 23 heavy (non-hydrogen) atoms. The highest BCUT2D eigenvalue weighted by Crippen LogP contribution is 2.29. The van der Waals surface area contributed by atoms with E-state index in [4.69, 9.17) is 4.74 Å². The van der Waals surface area contributed by atoms with Gasteiger partial charge >= 0.3 is 5.97 Å². The number of carbonyl (C=O) groups excluding carboxylic acids is 2. The standard InChI is InChI=1S/C19H26O3S/c1-3-4-5-9-13-19(2,23-15-10-14-20)18(21)22-16-17-11-7-6-8-12-17/h6-9,11-14H,3-5,10,15-16H2,1-2H3/b13-9+/t19-/m0/s1. The molecule has 126 valence electrons. The maximum absolute atomic E-state index is 12.5. The van der Waals surface area contributed by atoms with E-state index in [1.165, 1.54) is 11.8 Å². The lowest BCUT2D eigenvalue weighted by Crippen LogP contribution is -2.32. The molecule has 0 saturated heterocycles. The zero-order chi connectivity index (χ0) is 17.0. The topological polar surface area (TPSA) is 43.4 Å². The second-order valence-electron chi connectivity index (χ2n) is 5.52. The van der Waals surface area contributed by atoms with E-state index in [0.29, 0.717) is 12.2 Å². The van der Waals surface area contributed by atoms with Crippen LogP contribution < -0.4 is 0 Å². The molecule has 0 unspecified atom stereocenters. The molecule has 3 nitrogen and oxygen atoms in total. The Morgan fingerprint density at radius 3 is 2.65 bits per heavy atom. The van der Waals surface area contributed by atoms with Crippen molar-refractivity contribution in [2.75, 3.05) is 5.75 Å². The van der Waals surface area contributed by atoms with Crippen LogP contribution in [0.15, 0.2) is 42.5 Å². The Hall–Kier alpha value is -1.55. The summed E-state index contributed by atoms with van der Waals surface area (Å²) in [5.41, 5.74) is 0.969. The molecule has 1 atom stereocenters. The quantitative estimate of drug-likeness (QED) is 0.257. The number of hydrogen-bond donors (Lipinski definition) is 0. The maximum Gasteiger partial charge on any atom is 0.326 e. The van der Waals surface area contributed by atoms with Crippen LogP contribution in [0.1, 0.15) is 45.1 Å². The predicted molar refractivity (Wildman–Crippen MR) is 96.4 cm³/mol. The largest absolute Gasteiger partial charge is 0.460 e. The Morgan fingerprint density at radius 2 is 2.00 bits per heavy atom. The second kappa shape index (κ2) is 11.1. The Morgan fingerprint density at radius 1 is 1.26 bits per heavy atom. The molecule has 0 aliphatic rings. The number of hydrogen-bond acceptors (Lipinski definition) is 4. The first-order valence-corrected chi connectivity index (χ1v) is 9.07. The van der Waals surface area contributed by atoms with Gasteiger partial charge in [0, 0.05) is 12.2 Å². The smallest absolute Gasteiger partial charge is 0.326 e. The average Bonchev–Trinajstić information content (AvgIpc) is 2.58. The van der Waals surface area contributed by atoms with Crippen LogP contribution in [-0.4, -0.2) is 22.8 Å². The lowest BCUT2D eigenvalue weighted by molar-refractivity contribution is -0.146. The van der Waals surface area contributed by atoms with Crippen molar-refractivity contribution in [3.63, 3.8) is 0 Å². The van der Waals surface area contributed by atoms with Gasteiger partial charge < -0.3 is 9.53 Å². The first kappa shape index (κ1) is 19.5. The Bertz CT molecular complexity index is 499. The van der Waals surface area contributed by atoms with E-state index in [2.05, 4.69) is 6.92 Å². The highest BCUT2D eigenvalue weighted by Gasteiger charge is 2.32. The molecule has 1 aromatic carbocycles. The molecule has 0 heterocycles. The summed E-state index contributed by atoms with van der Waals surface area (Å²) >= 11 is 1.46. The summed E-state index contributed by atoms with van der Waals surface area (Å²) in [5.74, 6) is 0.350. The fraction of sp³-hybridized carbons (Fsp3) is 0.474. The summed E-state index contributed by atoms with van der Waals surface area (Å²) < 4.78 is 4.74. The zero-order valence-corrected chi connectivity index (χ0v) is 14.8. The van der Waals surface area contributed by atoms with Crippen molar-refractivity contribution in [3.8, 4) is 0 Å². The van der Waals surface area contributed by atoms with Gasteiger partial charge in [-0.25, -0.2) is 0 Å². The van der Waals surface area contributed by atoms with Gasteiger partial charge in [0.2, 0.25) is 0 Å². The van der Waals surface area contributed by atoms with Crippen LogP contribution in [0.4, 0.5) is 0 Å². The van der Waals surface area contributed by atoms with Crippen LogP contribution in [0.25, 0.3) is 0 Å². The van der Waals surface area contributed by atoms with E-state index in [1.807, 2.05) is 49.4 Å². The Labute approximate surface area is 143 Å². The fourth-order valence-electron chi connectivity index (χ4n) is 1.99. The summed E-state index contributed by atoms with van der Waals surface area (Å²) in [6, 6.07) is 9.64. The van der Waals surface area contributed by atoms with E-state index >= 15 is 0 Å². The summed E-state index contributed by atoms with van der Waals surface area (Å²) in [6.45, 7) is 4.27. The molecule has 0 bridgehead atoms. The normalized spacial score (nSPS) is 13.7. The van der Waals surface area contributed by atoms with E-state index in [9.17, 15) is 9.59 Å². The lowest BCUT2D eigenvalue weighted by atomic mass is 10.1. The number of unbranched alkanes of at least 4 members (excludes halogenated alkanes) is 2. The monoisotopic (exact) mass is 334 g/mol. The molecule has 0 saturated carbocycles. The number of rotatable bonds is 11. The van der Waals surface area contributed by atoms with E-state index in [0.717, 1.165) is 31.1 Å². The molecule has 0 fully saturated rings. The van der Waals surface area contributed by atoms with Gasteiger partial charge in [-0.05, 0) is 18.9 Å². The van der Waals surface area contributed by atoms with Gasteiger partial charge in [0.1, 0.15) is 17.6 Å². The summed E-state index contributed by atoms with van der Waals surface area (Å²) in [4.78, 5) is 23.0. The molecule has 4 heteroatoms. The van der Waals surface area contributed by atoms with E-state index in [1.54, 1.807) is 0 Å². The van der Waals surface area contributed by atoms with Gasteiger partial charge in [0.15, 0.2) is 0 Å². The predicted octanol–water partition coefficient (Wildman–Crippen LogP) is 4.56. The molecule has 0 amide bonds. The van der Waals surface area contributed by atoms with Crippen molar-refractivity contribution >= 4 is 24.0 Å². The second-order valence-corrected chi connectivity index (χ2v) is 7.06. The number of carbonyl (C=O) groups is 2. The number of benzene rings is 1. The molecule has 0 aliphatic carbocycles. The third-order valence-corrected chi connectivity index (χ3v) is 4.76. The van der Waals surface area contributed by atoms with E-state index in [-0.39, 0.29) is 12.6 Å². The van der Waals surface area contributed by atoms with Crippen molar-refractivity contribution < 1.29 is 14.3 Å². The zero-order valence-electron chi connectivity index (χ0n) is 14.0. The number of allylic oxidation sites excluding steroid dienone is 1. The van der Waals surface area contributed by atoms with Gasteiger partial charge in [-0.1, -0.05) is 62.2 Å². The maximum atomic E-state index is 12.5. The van der Waals surface area contributed by atoms with Gasteiger partial charge in [-0.2, -0.15) is 0 Å². The highest BCUT2D eigenvalue weighted by atomic mass is 32.2. The molecule has 0 aliphatic heterocycles. The Balaban J connectivity index is 2.66. The molecule has 1 aromatic rings. The van der Waals surface area contributed by atoms with Crippen LogP contribution in [0.3, 0.4) is 0 Å². The third-order valence-electron chi connectivity index (χ3n) is 3.42. The van der Waals surface area contributed by atoms with Crippen molar-refractivity contribution in [3.05, 3.63) is 48.0 Å². The summed E-state index contributed by atoms with van der Waals surface area (Å²) in [7, 11) is 0. The first-order chi connectivity index (χ1) is 11.1. The fourth-order valence-corrected chi connectivity index (χ4v) is 3.00. The summed E-state index contributed by atoms with van der Waals surface area (Å²) in [5, 5.41) is 0. The van der Waals surface area contributed by atoms with Crippen LogP contribution in [0.2, 0.25) is 0 Å². The van der Waals surface area contributed by atoms with Crippen LogP contribution in [0, 0.1) is 0 Å². The van der Waals surface area contributed by atoms with Crippen molar-refractivity contribution in [2.24, 2.45) is 0 Å². The molecular formula is C19H26O3S. The van der Waals surface area contributed by atoms with Gasteiger partial charge in [-0.15, -0.1) is 11.8 Å². The van der Waals surface area contributed by atoms with Gasteiger partial charge in [0.05, 0.1) is 0 Å². The van der Waals surface area contributed by atoms with Crippen molar-refractivity contribution in [2.45, 2.75) is 50.9 Å².